The number of benzene rings is 1. The van der Waals surface area contributed by atoms with Crippen LogP contribution in [0.5, 0.6) is 0 Å². The molecule has 1 N–H and O–H groups in total. The van der Waals surface area contributed by atoms with Gasteiger partial charge in [-0.3, -0.25) is 4.79 Å². The van der Waals surface area contributed by atoms with Crippen molar-refractivity contribution in [2.45, 2.75) is 6.42 Å². The van der Waals surface area contributed by atoms with Crippen LogP contribution in [0.3, 0.4) is 0 Å². The Morgan fingerprint density at radius 2 is 2.10 bits per heavy atom. The second kappa shape index (κ2) is 5.54. The number of nitrogens with zero attached hydrogens (tertiary/aromatic N) is 3. The van der Waals surface area contributed by atoms with Gasteiger partial charge in [-0.1, -0.05) is 23.5 Å². The van der Waals surface area contributed by atoms with E-state index in [2.05, 4.69) is 15.5 Å². The zero-order chi connectivity index (χ0) is 13.9. The summed E-state index contributed by atoms with van der Waals surface area (Å²) in [4.78, 5) is 13.3. The minimum atomic E-state index is -0.244. The molecule has 2 aromatic rings. The molecule has 1 aromatic heterocycles. The SMILES string of the molecule is O=C1CN(c2nnc(Cc3ccc(F)cc3)s2)CCN1. The number of aromatic nitrogens is 2. The van der Waals surface area contributed by atoms with Crippen molar-refractivity contribution in [3.63, 3.8) is 0 Å². The molecule has 0 spiro atoms. The molecule has 104 valence electrons. The summed E-state index contributed by atoms with van der Waals surface area (Å²) in [6, 6.07) is 6.36. The number of piperazine rings is 1. The van der Waals surface area contributed by atoms with Crippen LogP contribution in [0.15, 0.2) is 24.3 Å². The number of rotatable bonds is 3. The van der Waals surface area contributed by atoms with Gasteiger partial charge in [0.15, 0.2) is 0 Å². The lowest BCUT2D eigenvalue weighted by Gasteiger charge is -2.25. The van der Waals surface area contributed by atoms with Crippen molar-refractivity contribution in [2.24, 2.45) is 0 Å². The third-order valence-corrected chi connectivity index (χ3v) is 4.02. The quantitative estimate of drug-likeness (QED) is 0.923. The maximum atomic E-state index is 12.8. The molecule has 5 nitrogen and oxygen atoms in total. The first-order valence-corrected chi connectivity index (χ1v) is 7.11. The highest BCUT2D eigenvalue weighted by molar-refractivity contribution is 7.15. The summed E-state index contributed by atoms with van der Waals surface area (Å²) in [5, 5.41) is 12.7. The number of carbonyl (C=O) groups excluding carboxylic acids is 1. The van der Waals surface area contributed by atoms with Crippen LogP contribution in [-0.2, 0) is 11.2 Å². The molecule has 1 aromatic carbocycles. The highest BCUT2D eigenvalue weighted by Gasteiger charge is 2.19. The van der Waals surface area contributed by atoms with Crippen molar-refractivity contribution in [3.8, 4) is 0 Å². The van der Waals surface area contributed by atoms with Gasteiger partial charge in [0.25, 0.3) is 0 Å². The predicted molar refractivity (Wildman–Crippen MR) is 74.3 cm³/mol. The number of nitrogens with one attached hydrogen (secondary N) is 1. The molecule has 1 fully saturated rings. The summed E-state index contributed by atoms with van der Waals surface area (Å²) < 4.78 is 12.8. The van der Waals surface area contributed by atoms with Crippen LogP contribution in [0.2, 0.25) is 0 Å². The topological polar surface area (TPSA) is 58.1 Å². The van der Waals surface area contributed by atoms with E-state index >= 15 is 0 Å². The Balaban J connectivity index is 1.70. The van der Waals surface area contributed by atoms with Gasteiger partial charge in [0.05, 0.1) is 6.54 Å². The van der Waals surface area contributed by atoms with Crippen molar-refractivity contribution in [1.29, 1.82) is 0 Å². The van der Waals surface area contributed by atoms with E-state index in [1.54, 1.807) is 12.1 Å². The van der Waals surface area contributed by atoms with E-state index in [-0.39, 0.29) is 11.7 Å². The minimum absolute atomic E-state index is 0.00605. The van der Waals surface area contributed by atoms with Crippen LogP contribution < -0.4 is 10.2 Å². The Hall–Kier alpha value is -2.02. The number of anilines is 1. The van der Waals surface area contributed by atoms with Gasteiger partial charge in [-0.2, -0.15) is 0 Å². The van der Waals surface area contributed by atoms with E-state index in [0.717, 1.165) is 22.2 Å². The lowest BCUT2D eigenvalue weighted by molar-refractivity contribution is -0.120. The Morgan fingerprint density at radius 1 is 1.30 bits per heavy atom. The second-order valence-corrected chi connectivity index (χ2v) is 5.59. The normalized spacial score (nSPS) is 15.2. The zero-order valence-corrected chi connectivity index (χ0v) is 11.5. The van der Waals surface area contributed by atoms with Crippen LogP contribution in [0.1, 0.15) is 10.6 Å². The maximum absolute atomic E-state index is 12.8. The van der Waals surface area contributed by atoms with Crippen LogP contribution in [0, 0.1) is 5.82 Å². The first-order chi connectivity index (χ1) is 9.70. The van der Waals surface area contributed by atoms with E-state index in [1.807, 2.05) is 4.90 Å². The van der Waals surface area contributed by atoms with Gasteiger partial charge in [-0.25, -0.2) is 4.39 Å². The fourth-order valence-corrected chi connectivity index (χ4v) is 2.92. The van der Waals surface area contributed by atoms with Crippen molar-refractivity contribution >= 4 is 22.4 Å². The molecule has 0 radical (unpaired) electrons. The molecular formula is C13H13FN4OS. The van der Waals surface area contributed by atoms with E-state index in [1.165, 1.54) is 23.5 Å². The van der Waals surface area contributed by atoms with Crippen molar-refractivity contribution < 1.29 is 9.18 Å². The summed E-state index contributed by atoms with van der Waals surface area (Å²) >= 11 is 1.47. The summed E-state index contributed by atoms with van der Waals surface area (Å²) in [6.45, 7) is 1.70. The molecule has 7 heteroatoms. The average molecular weight is 292 g/mol. The van der Waals surface area contributed by atoms with Gasteiger partial charge in [-0.05, 0) is 17.7 Å². The summed E-state index contributed by atoms with van der Waals surface area (Å²) in [6.07, 6.45) is 0.623. The number of carbonyl (C=O) groups is 1. The average Bonchev–Trinajstić information content (AvgIpc) is 2.90. The number of hydrogen-bond acceptors (Lipinski definition) is 5. The van der Waals surface area contributed by atoms with Gasteiger partial charge < -0.3 is 10.2 Å². The highest BCUT2D eigenvalue weighted by atomic mass is 32.1. The van der Waals surface area contributed by atoms with E-state index in [4.69, 9.17) is 0 Å². The van der Waals surface area contributed by atoms with Crippen molar-refractivity contribution in [1.82, 2.24) is 15.5 Å². The number of halogens is 1. The Bertz CT molecular complexity index is 613. The second-order valence-electron chi connectivity index (χ2n) is 4.55. The van der Waals surface area contributed by atoms with Crippen LogP contribution in [0.25, 0.3) is 0 Å². The Labute approximate surface area is 119 Å². The van der Waals surface area contributed by atoms with E-state index in [0.29, 0.717) is 19.5 Å². The number of hydrogen-bond donors (Lipinski definition) is 1. The molecule has 0 atom stereocenters. The third kappa shape index (κ3) is 2.93. The molecule has 1 amide bonds. The fraction of sp³-hybridized carbons (Fsp3) is 0.308. The molecule has 2 heterocycles. The van der Waals surface area contributed by atoms with Crippen molar-refractivity contribution in [3.05, 3.63) is 40.7 Å². The van der Waals surface area contributed by atoms with Crippen LogP contribution >= 0.6 is 11.3 Å². The minimum Gasteiger partial charge on any atom is -0.353 e. The first-order valence-electron chi connectivity index (χ1n) is 6.29. The molecule has 0 bridgehead atoms. The fourth-order valence-electron chi connectivity index (χ4n) is 2.02. The zero-order valence-electron chi connectivity index (χ0n) is 10.7. The molecule has 3 rings (SSSR count). The molecule has 0 aliphatic carbocycles. The van der Waals surface area contributed by atoms with Gasteiger partial charge in [-0.15, -0.1) is 10.2 Å². The van der Waals surface area contributed by atoms with Gasteiger partial charge in [0.2, 0.25) is 11.0 Å². The van der Waals surface area contributed by atoms with E-state index in [9.17, 15) is 9.18 Å². The van der Waals surface area contributed by atoms with Gasteiger partial charge in [0.1, 0.15) is 10.8 Å². The Morgan fingerprint density at radius 3 is 2.85 bits per heavy atom. The molecule has 1 saturated heterocycles. The molecule has 0 saturated carbocycles. The summed E-state index contributed by atoms with van der Waals surface area (Å²) in [5.41, 5.74) is 0.991. The number of amides is 1. The predicted octanol–water partition coefficient (Wildman–Crippen LogP) is 1.20. The lowest BCUT2D eigenvalue weighted by Crippen LogP contribution is -2.47. The van der Waals surface area contributed by atoms with Crippen LogP contribution in [0.4, 0.5) is 9.52 Å². The lowest BCUT2D eigenvalue weighted by atomic mass is 10.2. The smallest absolute Gasteiger partial charge is 0.239 e. The standard InChI is InChI=1S/C13H13FN4OS/c14-10-3-1-9(2-4-10)7-12-16-17-13(20-12)18-6-5-15-11(19)8-18/h1-4H,5-8H2,(H,15,19). The molecule has 1 aliphatic heterocycles. The van der Waals surface area contributed by atoms with Gasteiger partial charge in [0, 0.05) is 19.5 Å². The monoisotopic (exact) mass is 292 g/mol. The molecule has 1 aliphatic rings. The molecule has 0 unspecified atom stereocenters. The summed E-state index contributed by atoms with van der Waals surface area (Å²) in [5.74, 6) is -0.238. The largest absolute Gasteiger partial charge is 0.353 e. The Kier molecular flexibility index (Phi) is 3.60. The van der Waals surface area contributed by atoms with Crippen molar-refractivity contribution in [2.75, 3.05) is 24.5 Å². The summed E-state index contributed by atoms with van der Waals surface area (Å²) in [7, 11) is 0. The highest BCUT2D eigenvalue weighted by Crippen LogP contribution is 2.22. The molecule has 20 heavy (non-hydrogen) atoms. The van der Waals surface area contributed by atoms with Crippen LogP contribution in [-0.4, -0.2) is 35.7 Å². The van der Waals surface area contributed by atoms with E-state index < -0.39 is 0 Å². The molecular weight excluding hydrogens is 279 g/mol. The maximum Gasteiger partial charge on any atom is 0.239 e. The van der Waals surface area contributed by atoms with Gasteiger partial charge >= 0.3 is 0 Å². The third-order valence-electron chi connectivity index (χ3n) is 3.03. The first kappa shape index (κ1) is 13.0.